The number of carbonyl (C=O) groups is 1. The molecule has 1 aromatic carbocycles. The molecule has 1 fully saturated rings. The van der Waals surface area contributed by atoms with E-state index in [1.165, 1.54) is 5.56 Å². The van der Waals surface area contributed by atoms with Gasteiger partial charge in [-0.1, -0.05) is 37.3 Å². The molecule has 0 amide bonds. The summed E-state index contributed by atoms with van der Waals surface area (Å²) in [7, 11) is 0. The van der Waals surface area contributed by atoms with Crippen LogP contribution in [-0.4, -0.2) is 12.4 Å². The van der Waals surface area contributed by atoms with Gasteiger partial charge in [-0.15, -0.1) is 0 Å². The molecule has 104 valence electrons. The van der Waals surface area contributed by atoms with Gasteiger partial charge >= 0.3 is 0 Å². The Morgan fingerprint density at radius 2 is 2.05 bits per heavy atom. The highest BCUT2D eigenvalue weighted by molar-refractivity contribution is 5.81. The van der Waals surface area contributed by atoms with Crippen molar-refractivity contribution < 1.29 is 9.53 Å². The first-order chi connectivity index (χ1) is 9.29. The number of ketones is 1. The SMILES string of the molecule is CC[C@@H]1C[C@H](CCOCc2ccccc2)CCC1=O. The molecule has 0 radical (unpaired) electrons. The van der Waals surface area contributed by atoms with Crippen LogP contribution in [0, 0.1) is 11.8 Å². The van der Waals surface area contributed by atoms with E-state index >= 15 is 0 Å². The predicted octanol–water partition coefficient (Wildman–Crippen LogP) is 3.99. The number of ether oxygens (including phenoxy) is 1. The molecule has 0 unspecified atom stereocenters. The molecule has 0 N–H and O–H groups in total. The minimum absolute atomic E-state index is 0.313. The molecule has 0 saturated heterocycles. The Kier molecular flexibility index (Phi) is 5.59. The van der Waals surface area contributed by atoms with Gasteiger partial charge in [-0.25, -0.2) is 0 Å². The zero-order chi connectivity index (χ0) is 13.5. The fourth-order valence-corrected chi connectivity index (χ4v) is 2.87. The Balaban J connectivity index is 1.65. The maximum Gasteiger partial charge on any atom is 0.135 e. The second kappa shape index (κ2) is 7.44. The summed E-state index contributed by atoms with van der Waals surface area (Å²) in [4.78, 5) is 11.7. The van der Waals surface area contributed by atoms with E-state index in [-0.39, 0.29) is 0 Å². The second-order valence-corrected chi connectivity index (χ2v) is 5.54. The predicted molar refractivity (Wildman–Crippen MR) is 76.8 cm³/mol. The Morgan fingerprint density at radius 3 is 2.79 bits per heavy atom. The summed E-state index contributed by atoms with van der Waals surface area (Å²) in [5, 5.41) is 0. The van der Waals surface area contributed by atoms with Gasteiger partial charge in [0.25, 0.3) is 0 Å². The zero-order valence-corrected chi connectivity index (χ0v) is 11.8. The quantitative estimate of drug-likeness (QED) is 0.723. The van der Waals surface area contributed by atoms with E-state index < -0.39 is 0 Å². The normalized spacial score (nSPS) is 23.5. The van der Waals surface area contributed by atoms with E-state index in [4.69, 9.17) is 4.74 Å². The summed E-state index contributed by atoms with van der Waals surface area (Å²) in [6.07, 6.45) is 5.01. The molecule has 0 bridgehead atoms. The molecule has 0 aromatic heterocycles. The molecular formula is C17H24O2. The van der Waals surface area contributed by atoms with Crippen LogP contribution in [0.15, 0.2) is 30.3 Å². The average molecular weight is 260 g/mol. The molecule has 1 aliphatic carbocycles. The van der Waals surface area contributed by atoms with Gasteiger partial charge in [0.2, 0.25) is 0 Å². The van der Waals surface area contributed by atoms with E-state index in [9.17, 15) is 4.79 Å². The third kappa shape index (κ3) is 4.46. The Morgan fingerprint density at radius 1 is 1.26 bits per heavy atom. The standard InChI is InChI=1S/C17H24O2/c1-2-16-12-14(8-9-17(16)18)10-11-19-13-15-6-4-3-5-7-15/h3-7,14,16H,2,8-13H2,1H3/t14-,16+/m0/s1. The first-order valence-electron chi connectivity index (χ1n) is 7.44. The van der Waals surface area contributed by atoms with E-state index in [2.05, 4.69) is 19.1 Å². The van der Waals surface area contributed by atoms with E-state index in [0.29, 0.717) is 24.2 Å². The third-order valence-electron chi connectivity index (χ3n) is 4.15. The monoisotopic (exact) mass is 260 g/mol. The largest absolute Gasteiger partial charge is 0.377 e. The van der Waals surface area contributed by atoms with Crippen LogP contribution in [0.2, 0.25) is 0 Å². The number of hydrogen-bond acceptors (Lipinski definition) is 2. The molecule has 1 aromatic rings. The average Bonchev–Trinajstić information content (AvgIpc) is 2.46. The van der Waals surface area contributed by atoms with Crippen LogP contribution < -0.4 is 0 Å². The van der Waals surface area contributed by atoms with E-state index in [1.807, 2.05) is 18.2 Å². The number of carbonyl (C=O) groups excluding carboxylic acids is 1. The van der Waals surface area contributed by atoms with Gasteiger partial charge in [-0.3, -0.25) is 4.79 Å². The van der Waals surface area contributed by atoms with Crippen LogP contribution in [0.1, 0.15) is 44.6 Å². The van der Waals surface area contributed by atoms with Crippen molar-refractivity contribution in [2.24, 2.45) is 11.8 Å². The second-order valence-electron chi connectivity index (χ2n) is 5.54. The van der Waals surface area contributed by atoms with Gasteiger partial charge in [0, 0.05) is 18.9 Å². The third-order valence-corrected chi connectivity index (χ3v) is 4.15. The topological polar surface area (TPSA) is 26.3 Å². The fraction of sp³-hybridized carbons (Fsp3) is 0.588. The molecule has 2 atom stereocenters. The van der Waals surface area contributed by atoms with Gasteiger partial charge in [0.15, 0.2) is 0 Å². The Labute approximate surface area is 116 Å². The highest BCUT2D eigenvalue weighted by atomic mass is 16.5. The Bertz CT molecular complexity index is 386. The molecular weight excluding hydrogens is 236 g/mol. The first-order valence-corrected chi connectivity index (χ1v) is 7.44. The molecule has 0 aliphatic heterocycles. The van der Waals surface area contributed by atoms with Gasteiger partial charge in [0.05, 0.1) is 6.61 Å². The van der Waals surface area contributed by atoms with Crippen molar-refractivity contribution >= 4 is 5.78 Å². The lowest BCUT2D eigenvalue weighted by molar-refractivity contribution is -0.125. The van der Waals surface area contributed by atoms with E-state index in [0.717, 1.165) is 38.7 Å². The van der Waals surface area contributed by atoms with Crippen LogP contribution >= 0.6 is 0 Å². The van der Waals surface area contributed by atoms with Crippen molar-refractivity contribution in [3.63, 3.8) is 0 Å². The van der Waals surface area contributed by atoms with Crippen molar-refractivity contribution in [1.82, 2.24) is 0 Å². The minimum atomic E-state index is 0.313. The zero-order valence-electron chi connectivity index (χ0n) is 11.8. The van der Waals surface area contributed by atoms with Gasteiger partial charge in [-0.2, -0.15) is 0 Å². The summed E-state index contributed by atoms with van der Waals surface area (Å²) in [6.45, 7) is 3.63. The summed E-state index contributed by atoms with van der Waals surface area (Å²) in [5.74, 6) is 1.47. The van der Waals surface area contributed by atoms with Crippen molar-refractivity contribution in [1.29, 1.82) is 0 Å². The van der Waals surface area contributed by atoms with Gasteiger partial charge in [0.1, 0.15) is 5.78 Å². The number of rotatable bonds is 6. The molecule has 1 saturated carbocycles. The van der Waals surface area contributed by atoms with Crippen LogP contribution in [0.3, 0.4) is 0 Å². The molecule has 1 aliphatic rings. The first kappa shape index (κ1) is 14.3. The van der Waals surface area contributed by atoms with Crippen LogP contribution in [0.5, 0.6) is 0 Å². The van der Waals surface area contributed by atoms with Crippen LogP contribution in [-0.2, 0) is 16.1 Å². The lowest BCUT2D eigenvalue weighted by Gasteiger charge is -2.27. The summed E-state index contributed by atoms with van der Waals surface area (Å²) < 4.78 is 5.73. The molecule has 2 heteroatoms. The molecule has 2 rings (SSSR count). The highest BCUT2D eigenvalue weighted by Gasteiger charge is 2.26. The summed E-state index contributed by atoms with van der Waals surface area (Å²) >= 11 is 0. The lowest BCUT2D eigenvalue weighted by Crippen LogP contribution is -2.25. The van der Waals surface area contributed by atoms with Crippen molar-refractivity contribution in [2.45, 2.75) is 45.6 Å². The summed E-state index contributed by atoms with van der Waals surface area (Å²) in [6, 6.07) is 10.3. The number of Topliss-reactive ketones (excluding diaryl/α,β-unsaturated/α-hetero) is 1. The van der Waals surface area contributed by atoms with Crippen molar-refractivity contribution in [3.8, 4) is 0 Å². The van der Waals surface area contributed by atoms with Crippen molar-refractivity contribution in [2.75, 3.05) is 6.61 Å². The molecule has 19 heavy (non-hydrogen) atoms. The molecule has 0 heterocycles. The highest BCUT2D eigenvalue weighted by Crippen LogP contribution is 2.30. The fourth-order valence-electron chi connectivity index (χ4n) is 2.87. The maximum absolute atomic E-state index is 11.7. The summed E-state index contributed by atoms with van der Waals surface area (Å²) in [5.41, 5.74) is 1.23. The smallest absolute Gasteiger partial charge is 0.135 e. The van der Waals surface area contributed by atoms with Crippen molar-refractivity contribution in [3.05, 3.63) is 35.9 Å². The number of hydrogen-bond donors (Lipinski definition) is 0. The molecule has 0 spiro atoms. The van der Waals surface area contributed by atoms with Crippen LogP contribution in [0.25, 0.3) is 0 Å². The molecule has 2 nitrogen and oxygen atoms in total. The number of benzene rings is 1. The lowest BCUT2D eigenvalue weighted by atomic mass is 9.78. The van der Waals surface area contributed by atoms with Gasteiger partial charge < -0.3 is 4.74 Å². The van der Waals surface area contributed by atoms with Gasteiger partial charge in [-0.05, 0) is 37.2 Å². The van der Waals surface area contributed by atoms with Crippen LogP contribution in [0.4, 0.5) is 0 Å². The Hall–Kier alpha value is -1.15. The maximum atomic E-state index is 11.7. The minimum Gasteiger partial charge on any atom is -0.377 e. The van der Waals surface area contributed by atoms with E-state index in [1.54, 1.807) is 0 Å².